The van der Waals surface area contributed by atoms with Crippen LogP contribution in [0.5, 0.6) is 40.2 Å². The van der Waals surface area contributed by atoms with E-state index in [9.17, 15) is 37.5 Å². The number of rotatable bonds is 16. The van der Waals surface area contributed by atoms with Crippen molar-refractivity contribution in [1.82, 2.24) is 47.8 Å². The van der Waals surface area contributed by atoms with E-state index < -0.39 is 51.1 Å². The second-order valence-electron chi connectivity index (χ2n) is 34.0. The van der Waals surface area contributed by atoms with Crippen LogP contribution in [-0.4, -0.2) is 191 Å². The van der Waals surface area contributed by atoms with E-state index in [-0.39, 0.29) is 39.4 Å². The van der Waals surface area contributed by atoms with Gasteiger partial charge >= 0.3 is 5.97 Å². The molecule has 4 amide bonds. The van der Waals surface area contributed by atoms with Gasteiger partial charge in [-0.15, -0.1) is 0 Å². The van der Waals surface area contributed by atoms with Gasteiger partial charge < -0.3 is 81.4 Å². The van der Waals surface area contributed by atoms with Crippen LogP contribution in [0.15, 0.2) is 230 Å². The number of piperidine rings is 4. The molecule has 30 heteroatoms. The molecule has 131 heavy (non-hydrogen) atoms. The van der Waals surface area contributed by atoms with Gasteiger partial charge in [0.15, 0.2) is 28.3 Å². The number of aromatic nitrogens is 5. The van der Waals surface area contributed by atoms with Crippen LogP contribution in [0, 0.1) is 6.92 Å². The third kappa shape index (κ3) is 17.7. The summed E-state index contributed by atoms with van der Waals surface area (Å²) in [5.74, 6) is 4.14. The summed E-state index contributed by atoms with van der Waals surface area (Å²) in [7, 11) is 4.26. The number of halogens is 2. The number of nitrogens with zero attached hydrogens (tertiary/aromatic N) is 9. The van der Waals surface area contributed by atoms with Crippen LogP contribution in [0.1, 0.15) is 161 Å². The van der Waals surface area contributed by atoms with Crippen molar-refractivity contribution < 1.29 is 84.8 Å². The maximum Gasteiger partial charge on any atom is 0.337 e. The first-order valence-electron chi connectivity index (χ1n) is 44.1. The van der Waals surface area contributed by atoms with Crippen molar-refractivity contribution in [2.75, 3.05) is 93.9 Å². The van der Waals surface area contributed by atoms with Crippen molar-refractivity contribution in [3.05, 3.63) is 297 Å². The lowest BCUT2D eigenvalue weighted by atomic mass is 9.81. The molecular formula is C101H110Cl2N10O17S. The number of methoxy groups -OCH3 is 3. The van der Waals surface area contributed by atoms with E-state index in [0.29, 0.717) is 140 Å². The number of hydrogen-bond donors (Lipinski definition) is 3. The summed E-state index contributed by atoms with van der Waals surface area (Å²) in [5, 5.41) is 24.2. The number of carbonyl (C=O) groups excluding carboxylic acids is 5. The topological polar surface area (TPSA) is 291 Å². The molecule has 0 radical (unpaired) electrons. The van der Waals surface area contributed by atoms with Crippen molar-refractivity contribution in [3.63, 3.8) is 0 Å². The van der Waals surface area contributed by atoms with Crippen LogP contribution in [0.25, 0.3) is 28.3 Å². The number of esters is 1. The van der Waals surface area contributed by atoms with Crippen LogP contribution in [0.4, 0.5) is 0 Å². The Kier molecular flexibility index (Phi) is 25.8. The highest BCUT2D eigenvalue weighted by Crippen LogP contribution is 2.52. The molecule has 8 aromatic carbocycles. The molecule has 686 valence electrons. The number of nitrogens with one attached hydrogen (secondary N) is 1. The summed E-state index contributed by atoms with van der Waals surface area (Å²) in [6.45, 7) is 8.11. The summed E-state index contributed by atoms with van der Waals surface area (Å²) in [5.41, 5.74) is 12.1. The largest absolute Gasteiger partial charge is 0.496 e. The highest BCUT2D eigenvalue weighted by molar-refractivity contribution is 7.89. The zero-order valence-electron chi connectivity index (χ0n) is 74.0. The van der Waals surface area contributed by atoms with Crippen molar-refractivity contribution in [2.45, 2.75) is 118 Å². The number of fused-ring (bicyclic) bond motifs is 16. The molecule has 4 fully saturated rings. The number of aryl methyl sites for hydroxylation is 3. The zero-order valence-corrected chi connectivity index (χ0v) is 76.3. The van der Waals surface area contributed by atoms with Gasteiger partial charge in [-0.05, 0) is 196 Å². The van der Waals surface area contributed by atoms with E-state index in [4.69, 9.17) is 66.2 Å². The normalized spacial score (nSPS) is 16.5. The fourth-order valence-corrected chi connectivity index (χ4v) is 20.2. The average molecular weight is 1840 g/mol. The lowest BCUT2D eigenvalue weighted by Crippen LogP contribution is -2.50. The number of aliphatic hydroxyl groups is 2. The molecule has 20 rings (SSSR count). The van der Waals surface area contributed by atoms with Gasteiger partial charge in [-0.25, -0.2) is 17.9 Å². The van der Waals surface area contributed by atoms with Crippen LogP contribution in [0.2, 0.25) is 10.0 Å². The molecule has 27 nitrogen and oxygen atoms in total. The van der Waals surface area contributed by atoms with Gasteiger partial charge in [0.05, 0.1) is 84.4 Å². The molecule has 0 bridgehead atoms. The van der Waals surface area contributed by atoms with Gasteiger partial charge in [-0.2, -0.15) is 5.10 Å². The Morgan fingerprint density at radius 1 is 0.504 bits per heavy atom. The number of sulfonamides is 1. The summed E-state index contributed by atoms with van der Waals surface area (Å²) in [6, 6.07) is 61.8. The number of aliphatic hydroxyl groups excluding tert-OH is 2. The van der Waals surface area contributed by atoms with E-state index in [0.717, 1.165) is 123 Å². The zero-order chi connectivity index (χ0) is 91.7. The molecule has 8 aliphatic rings. The van der Waals surface area contributed by atoms with Gasteiger partial charge in [0.1, 0.15) is 47.1 Å². The highest BCUT2D eigenvalue weighted by Gasteiger charge is 2.50. The number of ether oxygens (including phenoxy) is 8. The highest BCUT2D eigenvalue weighted by atomic mass is 35.5. The van der Waals surface area contributed by atoms with E-state index >= 15 is 0 Å². The van der Waals surface area contributed by atoms with Crippen LogP contribution >= 0.6 is 23.2 Å². The van der Waals surface area contributed by atoms with Crippen LogP contribution in [0.3, 0.4) is 0 Å². The Labute approximate surface area is 774 Å². The Hall–Kier alpha value is -12.8. The lowest BCUT2D eigenvalue weighted by Gasteiger charge is -2.45. The molecule has 0 unspecified atom stereocenters. The minimum Gasteiger partial charge on any atom is -0.496 e. The van der Waals surface area contributed by atoms with Gasteiger partial charge in [-0.3, -0.25) is 23.9 Å². The maximum absolute atomic E-state index is 13.3. The Morgan fingerprint density at radius 3 is 1.47 bits per heavy atom. The molecule has 4 saturated heterocycles. The molecular weight excluding hydrogens is 1730 g/mol. The molecule has 4 spiro atoms. The maximum atomic E-state index is 13.3. The first kappa shape index (κ1) is 90.1. The molecule has 8 aliphatic heterocycles. The van der Waals surface area contributed by atoms with Crippen molar-refractivity contribution in [3.8, 4) is 68.6 Å². The van der Waals surface area contributed by atoms with Crippen molar-refractivity contribution in [1.29, 1.82) is 0 Å². The molecule has 1 atom stereocenters. The van der Waals surface area contributed by atoms with Crippen LogP contribution < -0.4 is 37.9 Å². The molecule has 0 aliphatic carbocycles. The second-order valence-corrected chi connectivity index (χ2v) is 36.8. The van der Waals surface area contributed by atoms with Gasteiger partial charge in [0.25, 0.3) is 23.6 Å². The van der Waals surface area contributed by atoms with E-state index in [2.05, 4.69) is 67.1 Å². The van der Waals surface area contributed by atoms with Crippen LogP contribution in [-0.2, 0) is 50.6 Å². The van der Waals surface area contributed by atoms with Crippen molar-refractivity contribution >= 4 is 62.8 Å². The number of amides is 4. The minimum absolute atomic E-state index is 0. The van der Waals surface area contributed by atoms with E-state index in [1.807, 2.05) is 161 Å². The first-order valence-corrected chi connectivity index (χ1v) is 46.4. The number of likely N-dealkylation sites (tertiary alicyclic amines) is 4. The summed E-state index contributed by atoms with van der Waals surface area (Å²) < 4.78 is 82.0. The van der Waals surface area contributed by atoms with Gasteiger partial charge in [-0.1, -0.05) is 66.9 Å². The number of carbonyl (C=O) groups is 5. The van der Waals surface area contributed by atoms with Crippen molar-refractivity contribution in [2.24, 2.45) is 7.05 Å². The SMILES string of the molecule is CCCCc1ccc(C(=O)N2CCC3(CC2)Oc2cc(Cl)ccc2-n2cccc23)cc1OC.CNS(=O)(=O)c1ccc(C(=O)N2CCC3(CC2)Oc2ccccc2-c2c3cnn2C)cc1.COC(=O)c1cc(C)cc(C(=O)N2CCC3(CC2)Oc2cc(Cl)ccc2-n2cccc23)c1.COc1cc(C(=O)N2CCC3(CC2)Oc2ccccc2-n2cccc23)ccc1OC[C@H](O)CO.[HH].[HH].[HH]. The molecule has 12 aromatic rings. The Bertz CT molecular complexity index is 6430. The summed E-state index contributed by atoms with van der Waals surface area (Å²) in [6.07, 6.45) is 15.7. The quantitative estimate of drug-likeness (QED) is 0.0757. The summed E-state index contributed by atoms with van der Waals surface area (Å²) in [4.78, 5) is 72.3. The fourth-order valence-electron chi connectivity index (χ4n) is 19.2. The predicted molar refractivity (Wildman–Crippen MR) is 500 cm³/mol. The first-order chi connectivity index (χ1) is 63.3. The number of unbranched alkanes of at least 4 members (excludes halogenated alkanes) is 1. The molecule has 0 saturated carbocycles. The third-order valence-corrected chi connectivity index (χ3v) is 28.1. The molecule has 12 heterocycles. The third-order valence-electron chi connectivity index (χ3n) is 26.2. The van der Waals surface area contributed by atoms with E-state index in [1.54, 1.807) is 60.5 Å². The molecule has 4 aromatic heterocycles. The lowest BCUT2D eigenvalue weighted by molar-refractivity contribution is -0.00978. The predicted octanol–water partition coefficient (Wildman–Crippen LogP) is 16.8. The minimum atomic E-state index is -3.53. The smallest absolute Gasteiger partial charge is 0.337 e. The molecule has 3 N–H and O–H groups in total. The van der Waals surface area contributed by atoms with Gasteiger partial charge in [0, 0.05) is 189 Å². The second kappa shape index (κ2) is 37.6. The number of para-hydroxylation sites is 3. The number of hydrogen-bond acceptors (Lipinski definition) is 18. The summed E-state index contributed by atoms with van der Waals surface area (Å²) >= 11 is 12.5. The monoisotopic (exact) mass is 1840 g/mol. The fraction of sp³-hybridized carbons (Fsp3) is 0.327. The number of benzene rings is 8. The Balaban J connectivity index is 0.000000142. The Morgan fingerprint density at radius 2 is 0.954 bits per heavy atom. The van der Waals surface area contributed by atoms with E-state index in [1.165, 1.54) is 33.4 Å². The average Bonchev–Trinajstić information content (AvgIpc) is 1.57. The standard InChI is InChI=1S/C27H29ClN2O3.C26H28N2O6.C25H23ClN2O4.C23H24N4O4S.3H2/c1-3-4-6-19-8-9-20(17-23(19)32-2)26(31)29-15-12-27(13-16-29)25-7-5-14-30(25)22-11-10-21(28)18-24(22)33-27;1-32-23-15-18(8-9-22(23)33-17-19(30)16-29)25(31)27-13-10-26(11-14-27)24-7-4-12-28(24)20-5-2-3-6-21(20)34-26;1-16-12-17(14-18(13-16)24(30)31-2)23(29)27-10-7-25(8-11-27)22-4-3-9-28(22)20-6-5-19(26)15-21(20)32-25;1-24-32(29,30)17-9-7-16(8-10-17)22(28)27-13-11-23(12-14-27)19-15-25-26(2)21(19)18-5-3-4-6-20(18)31-23;;;/h5,7-11,14,17-18H,3-4,6,12-13,15-16H2,1-2H3;2-9,12,15,19,29-30H,10-11,13-14,16-17H2,1H3;3-6,9,12-15H,7-8,10-11H2,1-2H3;3-10,15,24H,11-14H2,1-2H3;3*1H/t;19-;;;;;/m.1...../s1. The van der Waals surface area contributed by atoms with Gasteiger partial charge in [0.2, 0.25) is 10.0 Å².